The first kappa shape index (κ1) is 33.2. The number of anilines is 3. The minimum atomic E-state index is 0.881. The highest BCUT2D eigenvalue weighted by Crippen LogP contribution is 2.42. The number of rotatable bonds is 8. The number of nitrogens with zero attached hydrogens (tertiary/aromatic N) is 1. The van der Waals surface area contributed by atoms with Gasteiger partial charge in [-0.05, 0) is 98.2 Å². The van der Waals surface area contributed by atoms with Crippen molar-refractivity contribution in [1.82, 2.24) is 0 Å². The Morgan fingerprint density at radius 2 is 0.804 bits per heavy atom. The van der Waals surface area contributed by atoms with Crippen LogP contribution in [-0.2, 0) is 0 Å². The third-order valence-corrected chi connectivity index (χ3v) is 10.7. The van der Waals surface area contributed by atoms with Crippen LogP contribution in [-0.4, -0.2) is 0 Å². The highest BCUT2D eigenvalue weighted by molar-refractivity contribution is 5.97. The Balaban J connectivity index is 0.980. The Morgan fingerprint density at radius 3 is 1.55 bits per heavy atom. The Morgan fingerprint density at radius 1 is 0.304 bits per heavy atom. The highest BCUT2D eigenvalue weighted by Gasteiger charge is 2.18. The Kier molecular flexibility index (Phi) is 8.55. The van der Waals surface area contributed by atoms with Crippen LogP contribution in [0.15, 0.2) is 229 Å². The molecule has 0 saturated carbocycles. The highest BCUT2D eigenvalue weighted by atomic mass is 16.3. The van der Waals surface area contributed by atoms with Gasteiger partial charge in [-0.1, -0.05) is 176 Å². The van der Waals surface area contributed by atoms with E-state index in [1.165, 1.54) is 49.7 Å². The summed E-state index contributed by atoms with van der Waals surface area (Å²) in [7, 11) is 0. The molecule has 9 aromatic carbocycles. The molecule has 0 spiro atoms. The third-order valence-electron chi connectivity index (χ3n) is 10.7. The first-order chi connectivity index (χ1) is 27.7. The maximum atomic E-state index is 6.17. The van der Waals surface area contributed by atoms with Gasteiger partial charge >= 0.3 is 0 Å². The molecule has 1 heterocycles. The van der Waals surface area contributed by atoms with E-state index in [1.807, 2.05) is 18.2 Å². The van der Waals surface area contributed by atoms with E-state index >= 15 is 0 Å². The summed E-state index contributed by atoms with van der Waals surface area (Å²) in [6.45, 7) is 0. The van der Waals surface area contributed by atoms with Gasteiger partial charge in [0.25, 0.3) is 0 Å². The second kappa shape index (κ2) is 14.4. The van der Waals surface area contributed by atoms with Crippen molar-refractivity contribution in [3.63, 3.8) is 0 Å². The lowest BCUT2D eigenvalue weighted by Gasteiger charge is -2.28. The monoisotopic (exact) mass is 715 g/mol. The van der Waals surface area contributed by atoms with Crippen LogP contribution in [0, 0.1) is 0 Å². The van der Waals surface area contributed by atoms with E-state index in [4.69, 9.17) is 4.42 Å². The van der Waals surface area contributed by atoms with Crippen molar-refractivity contribution in [2.24, 2.45) is 0 Å². The van der Waals surface area contributed by atoms with Crippen molar-refractivity contribution in [3.05, 3.63) is 224 Å². The van der Waals surface area contributed by atoms with Crippen LogP contribution in [0.2, 0.25) is 0 Å². The Hall–Kier alpha value is -7.42. The number of fused-ring (bicyclic) bond motifs is 2. The standard InChI is InChI=1S/C54H37NO/c1-2-12-42(13-3-1)51-20-7-8-22-52(51)55(48-34-30-43(31-35-48)50-21-11-16-41-14-4-6-19-49(41)50)47-32-28-39(29-33-47)38-24-26-40(27-25-38)44-17-10-18-45(36-44)54-37-46-15-5-9-23-53(46)56-54/h1-37H. The summed E-state index contributed by atoms with van der Waals surface area (Å²) >= 11 is 0. The van der Waals surface area contributed by atoms with Crippen molar-refractivity contribution in [2.45, 2.75) is 0 Å². The number of para-hydroxylation sites is 2. The van der Waals surface area contributed by atoms with Crippen LogP contribution >= 0.6 is 0 Å². The second-order valence-electron chi connectivity index (χ2n) is 14.1. The normalized spacial score (nSPS) is 11.2. The van der Waals surface area contributed by atoms with Gasteiger partial charge in [0.05, 0.1) is 5.69 Å². The van der Waals surface area contributed by atoms with Crippen molar-refractivity contribution in [3.8, 4) is 55.8 Å². The molecule has 2 nitrogen and oxygen atoms in total. The van der Waals surface area contributed by atoms with Gasteiger partial charge in [-0.15, -0.1) is 0 Å². The summed E-state index contributed by atoms with van der Waals surface area (Å²) in [5, 5.41) is 3.62. The number of furan rings is 1. The van der Waals surface area contributed by atoms with Crippen LogP contribution in [0.1, 0.15) is 0 Å². The molecule has 0 saturated heterocycles. The molecule has 0 N–H and O–H groups in total. The quantitative estimate of drug-likeness (QED) is 0.156. The largest absolute Gasteiger partial charge is 0.456 e. The maximum Gasteiger partial charge on any atom is 0.135 e. The molecule has 10 aromatic rings. The molecule has 0 bridgehead atoms. The molecule has 56 heavy (non-hydrogen) atoms. The predicted molar refractivity (Wildman–Crippen MR) is 236 cm³/mol. The molecule has 2 heteroatoms. The molecular weight excluding hydrogens is 679 g/mol. The first-order valence-corrected chi connectivity index (χ1v) is 19.1. The molecule has 0 aliphatic rings. The van der Waals surface area contributed by atoms with E-state index in [0.29, 0.717) is 0 Å². The molecule has 10 rings (SSSR count). The van der Waals surface area contributed by atoms with Crippen LogP contribution in [0.5, 0.6) is 0 Å². The van der Waals surface area contributed by atoms with Crippen molar-refractivity contribution in [1.29, 1.82) is 0 Å². The summed E-state index contributed by atoms with van der Waals surface area (Å²) in [5.41, 5.74) is 14.7. The Bertz CT molecular complexity index is 2900. The van der Waals surface area contributed by atoms with Gasteiger partial charge < -0.3 is 9.32 Å². The zero-order valence-electron chi connectivity index (χ0n) is 30.7. The van der Waals surface area contributed by atoms with Crippen molar-refractivity contribution < 1.29 is 4.42 Å². The SMILES string of the molecule is c1ccc(-c2ccccc2N(c2ccc(-c3ccc(-c4cccc(-c5cc6ccccc6o5)c4)cc3)cc2)c2ccc(-c3cccc4ccccc34)cc2)cc1. The average Bonchev–Trinajstić information content (AvgIpc) is 3.72. The topological polar surface area (TPSA) is 16.4 Å². The molecule has 0 fully saturated rings. The van der Waals surface area contributed by atoms with Gasteiger partial charge in [0.15, 0.2) is 0 Å². The number of benzene rings is 9. The van der Waals surface area contributed by atoms with Gasteiger partial charge in [-0.2, -0.15) is 0 Å². The summed E-state index contributed by atoms with van der Waals surface area (Å²) in [6, 6.07) is 80.1. The average molecular weight is 716 g/mol. The molecule has 264 valence electrons. The summed E-state index contributed by atoms with van der Waals surface area (Å²) in [5.74, 6) is 0.881. The molecule has 0 unspecified atom stereocenters. The molecule has 0 aliphatic carbocycles. The van der Waals surface area contributed by atoms with Gasteiger partial charge in [0.1, 0.15) is 11.3 Å². The maximum absolute atomic E-state index is 6.17. The van der Waals surface area contributed by atoms with Crippen molar-refractivity contribution >= 4 is 38.8 Å². The van der Waals surface area contributed by atoms with Crippen molar-refractivity contribution in [2.75, 3.05) is 4.90 Å². The van der Waals surface area contributed by atoms with E-state index in [2.05, 4.69) is 211 Å². The Labute approximate surface area is 327 Å². The first-order valence-electron chi connectivity index (χ1n) is 19.1. The van der Waals surface area contributed by atoms with E-state index in [1.54, 1.807) is 0 Å². The molecular formula is C54H37NO. The summed E-state index contributed by atoms with van der Waals surface area (Å²) < 4.78 is 6.17. The minimum Gasteiger partial charge on any atom is -0.456 e. The lowest BCUT2D eigenvalue weighted by atomic mass is 9.97. The van der Waals surface area contributed by atoms with Gasteiger partial charge in [0.2, 0.25) is 0 Å². The molecule has 1 aromatic heterocycles. The van der Waals surface area contributed by atoms with Crippen LogP contribution in [0.3, 0.4) is 0 Å². The summed E-state index contributed by atoms with van der Waals surface area (Å²) in [4.78, 5) is 2.37. The second-order valence-corrected chi connectivity index (χ2v) is 14.1. The predicted octanol–water partition coefficient (Wildman–Crippen LogP) is 15.4. The minimum absolute atomic E-state index is 0.881. The molecule has 0 atom stereocenters. The fourth-order valence-electron chi connectivity index (χ4n) is 7.86. The molecule has 0 aliphatic heterocycles. The van der Waals surface area contributed by atoms with E-state index < -0.39 is 0 Å². The number of hydrogen-bond donors (Lipinski definition) is 0. The van der Waals surface area contributed by atoms with Crippen LogP contribution < -0.4 is 4.90 Å². The van der Waals surface area contributed by atoms with E-state index in [-0.39, 0.29) is 0 Å². The lowest BCUT2D eigenvalue weighted by molar-refractivity contribution is 0.631. The molecule has 0 amide bonds. The lowest BCUT2D eigenvalue weighted by Crippen LogP contribution is -2.11. The summed E-state index contributed by atoms with van der Waals surface area (Å²) in [6.07, 6.45) is 0. The fourth-order valence-corrected chi connectivity index (χ4v) is 7.86. The zero-order chi connectivity index (χ0) is 37.3. The third kappa shape index (κ3) is 6.34. The van der Waals surface area contributed by atoms with Crippen LogP contribution in [0.25, 0.3) is 77.6 Å². The van der Waals surface area contributed by atoms with E-state index in [0.717, 1.165) is 44.9 Å². The van der Waals surface area contributed by atoms with Crippen LogP contribution in [0.4, 0.5) is 17.1 Å². The molecule has 0 radical (unpaired) electrons. The smallest absolute Gasteiger partial charge is 0.135 e. The fraction of sp³-hybridized carbons (Fsp3) is 0. The van der Waals surface area contributed by atoms with E-state index in [9.17, 15) is 0 Å². The van der Waals surface area contributed by atoms with Gasteiger partial charge in [0, 0.05) is 27.9 Å². The van der Waals surface area contributed by atoms with Gasteiger partial charge in [-0.3, -0.25) is 0 Å². The number of hydrogen-bond acceptors (Lipinski definition) is 2. The zero-order valence-corrected chi connectivity index (χ0v) is 30.7. The van der Waals surface area contributed by atoms with Gasteiger partial charge in [-0.25, -0.2) is 0 Å².